The minimum Gasteiger partial charge on any atom is -0.478 e. The van der Waals surface area contributed by atoms with Gasteiger partial charge in [0.15, 0.2) is 0 Å². The van der Waals surface area contributed by atoms with Gasteiger partial charge in [0, 0.05) is 6.08 Å². The second-order valence-corrected chi connectivity index (χ2v) is 8.24. The molecule has 3 aromatic carbocycles. The topological polar surface area (TPSA) is 50.2 Å². The predicted octanol–water partition coefficient (Wildman–Crippen LogP) is 7.07. The van der Waals surface area contributed by atoms with Crippen molar-refractivity contribution >= 4 is 44.7 Å². The van der Waals surface area contributed by atoms with Gasteiger partial charge in [-0.05, 0) is 70.5 Å². The van der Waals surface area contributed by atoms with Gasteiger partial charge < -0.3 is 5.11 Å². The minimum atomic E-state index is -0.950. The summed E-state index contributed by atoms with van der Waals surface area (Å²) in [6, 6.07) is 23.0. The van der Waals surface area contributed by atoms with Crippen LogP contribution in [-0.2, 0) is 4.79 Å². The molecular weight excluding hydrogens is 402 g/mol. The summed E-state index contributed by atoms with van der Waals surface area (Å²) in [7, 11) is 0. The molecule has 4 rings (SSSR count). The number of carbonyl (C=O) groups is 1. The van der Waals surface area contributed by atoms with Crippen molar-refractivity contribution < 1.29 is 9.90 Å². The molecule has 154 valence electrons. The summed E-state index contributed by atoms with van der Waals surface area (Å²) < 4.78 is 1.17. The summed E-state index contributed by atoms with van der Waals surface area (Å²) in [5.41, 5.74) is 10.9. The van der Waals surface area contributed by atoms with E-state index < -0.39 is 5.97 Å². The number of carboxylic acids is 1. The molecule has 4 heteroatoms. The number of carboxylic acid groups (broad SMARTS) is 1. The van der Waals surface area contributed by atoms with Gasteiger partial charge in [0.05, 0.1) is 15.7 Å². The molecule has 3 nitrogen and oxygen atoms in total. The Balaban J connectivity index is 1.92. The SMILES string of the molecule is CC/C(=C(/c1ccc(/C=C/C(=O)O)cc1)c1ccc2scnc2c1)c1ccccc1C. The van der Waals surface area contributed by atoms with Crippen LogP contribution in [0.15, 0.2) is 78.3 Å². The second-order valence-electron chi connectivity index (χ2n) is 7.35. The summed E-state index contributed by atoms with van der Waals surface area (Å²) in [5.74, 6) is -0.950. The zero-order chi connectivity index (χ0) is 21.8. The summed E-state index contributed by atoms with van der Waals surface area (Å²) in [6.45, 7) is 4.33. The average Bonchev–Trinajstić information content (AvgIpc) is 3.25. The van der Waals surface area contributed by atoms with E-state index in [0.29, 0.717) is 0 Å². The smallest absolute Gasteiger partial charge is 0.328 e. The number of thiazole rings is 1. The van der Waals surface area contributed by atoms with Gasteiger partial charge in [-0.25, -0.2) is 9.78 Å². The first-order valence-electron chi connectivity index (χ1n) is 10.2. The van der Waals surface area contributed by atoms with Crippen LogP contribution in [0, 0.1) is 6.92 Å². The van der Waals surface area contributed by atoms with Gasteiger partial charge in [-0.1, -0.05) is 61.5 Å². The molecule has 0 unspecified atom stereocenters. The highest BCUT2D eigenvalue weighted by molar-refractivity contribution is 7.16. The summed E-state index contributed by atoms with van der Waals surface area (Å²) in [6.07, 6.45) is 3.65. The van der Waals surface area contributed by atoms with Gasteiger partial charge in [-0.3, -0.25) is 0 Å². The normalized spacial score (nSPS) is 12.3. The van der Waals surface area contributed by atoms with Gasteiger partial charge in [0.25, 0.3) is 0 Å². The van der Waals surface area contributed by atoms with Crippen LogP contribution >= 0.6 is 11.3 Å². The molecule has 0 saturated heterocycles. The quantitative estimate of drug-likeness (QED) is 0.265. The van der Waals surface area contributed by atoms with Crippen LogP contribution in [0.5, 0.6) is 0 Å². The third-order valence-electron chi connectivity index (χ3n) is 5.36. The molecule has 0 bridgehead atoms. The lowest BCUT2D eigenvalue weighted by Crippen LogP contribution is -1.97. The first-order chi connectivity index (χ1) is 15.1. The Morgan fingerprint density at radius 2 is 1.77 bits per heavy atom. The fraction of sp³-hybridized carbons (Fsp3) is 0.111. The molecule has 0 atom stereocenters. The lowest BCUT2D eigenvalue weighted by Gasteiger charge is -2.18. The van der Waals surface area contributed by atoms with Crippen LogP contribution < -0.4 is 0 Å². The largest absolute Gasteiger partial charge is 0.478 e. The Morgan fingerprint density at radius 3 is 2.48 bits per heavy atom. The highest BCUT2D eigenvalue weighted by Crippen LogP contribution is 2.37. The molecule has 0 radical (unpaired) electrons. The van der Waals surface area contributed by atoms with Crippen LogP contribution in [0.4, 0.5) is 0 Å². The molecule has 0 aliphatic carbocycles. The van der Waals surface area contributed by atoms with E-state index in [1.165, 1.54) is 27.0 Å². The number of rotatable bonds is 6. The number of hydrogen-bond donors (Lipinski definition) is 1. The molecule has 1 N–H and O–H groups in total. The third kappa shape index (κ3) is 4.49. The Kier molecular flexibility index (Phi) is 6.10. The molecule has 0 amide bonds. The van der Waals surface area contributed by atoms with E-state index in [4.69, 9.17) is 5.11 Å². The van der Waals surface area contributed by atoms with Gasteiger partial charge in [0.2, 0.25) is 0 Å². The molecule has 0 aliphatic rings. The Bertz CT molecular complexity index is 1300. The van der Waals surface area contributed by atoms with Crippen LogP contribution in [-0.4, -0.2) is 16.1 Å². The predicted molar refractivity (Wildman–Crippen MR) is 130 cm³/mol. The van der Waals surface area contributed by atoms with Crippen molar-refractivity contribution in [2.75, 3.05) is 0 Å². The van der Waals surface area contributed by atoms with E-state index in [-0.39, 0.29) is 0 Å². The van der Waals surface area contributed by atoms with E-state index >= 15 is 0 Å². The van der Waals surface area contributed by atoms with Crippen molar-refractivity contribution in [1.82, 2.24) is 4.98 Å². The molecule has 0 aliphatic heterocycles. The molecule has 31 heavy (non-hydrogen) atoms. The van der Waals surface area contributed by atoms with Crippen LogP contribution in [0.1, 0.15) is 41.2 Å². The number of allylic oxidation sites excluding steroid dienone is 1. The third-order valence-corrected chi connectivity index (χ3v) is 6.17. The molecule has 0 spiro atoms. The number of benzene rings is 3. The number of fused-ring (bicyclic) bond motifs is 1. The van der Waals surface area contributed by atoms with Crippen molar-refractivity contribution in [1.29, 1.82) is 0 Å². The first-order valence-corrected chi connectivity index (χ1v) is 11.1. The maximum Gasteiger partial charge on any atom is 0.328 e. The van der Waals surface area contributed by atoms with Crippen molar-refractivity contribution in [2.45, 2.75) is 20.3 Å². The van der Waals surface area contributed by atoms with Crippen LogP contribution in [0.3, 0.4) is 0 Å². The lowest BCUT2D eigenvalue weighted by molar-refractivity contribution is -0.131. The van der Waals surface area contributed by atoms with Crippen molar-refractivity contribution in [2.24, 2.45) is 0 Å². The summed E-state index contributed by atoms with van der Waals surface area (Å²) >= 11 is 1.64. The molecule has 1 aromatic heterocycles. The number of nitrogens with zero attached hydrogens (tertiary/aromatic N) is 1. The Labute approximate surface area is 186 Å². The monoisotopic (exact) mass is 425 g/mol. The second kappa shape index (κ2) is 9.11. The molecule has 1 heterocycles. The minimum absolute atomic E-state index is 0.856. The molecular formula is C27H23NO2S. The average molecular weight is 426 g/mol. The van der Waals surface area contributed by atoms with E-state index in [1.807, 2.05) is 17.6 Å². The standard InChI is InChI=1S/C27H23NO2S/c1-3-22(23-7-5-4-6-18(23)2)27(21-13-14-25-24(16-21)28-17-31-25)20-11-8-19(9-12-20)10-15-26(29)30/h4-17H,3H2,1-2H3,(H,29,30)/b15-10+,27-22+. The Hall–Kier alpha value is -3.50. The highest BCUT2D eigenvalue weighted by Gasteiger charge is 2.15. The number of aliphatic carboxylic acids is 1. The fourth-order valence-electron chi connectivity index (χ4n) is 3.87. The molecule has 4 aromatic rings. The van der Waals surface area contributed by atoms with Gasteiger partial charge in [0.1, 0.15) is 0 Å². The molecule has 0 fully saturated rings. The van der Waals surface area contributed by atoms with Crippen molar-refractivity contribution in [3.63, 3.8) is 0 Å². The van der Waals surface area contributed by atoms with E-state index in [9.17, 15) is 4.79 Å². The van der Waals surface area contributed by atoms with E-state index in [2.05, 4.69) is 73.4 Å². The zero-order valence-electron chi connectivity index (χ0n) is 17.5. The van der Waals surface area contributed by atoms with E-state index in [0.717, 1.165) is 34.7 Å². The number of hydrogen-bond acceptors (Lipinski definition) is 3. The first kappa shape index (κ1) is 20.8. The fourth-order valence-corrected chi connectivity index (χ4v) is 4.53. The highest BCUT2D eigenvalue weighted by atomic mass is 32.1. The van der Waals surface area contributed by atoms with Gasteiger partial charge in [-0.2, -0.15) is 0 Å². The summed E-state index contributed by atoms with van der Waals surface area (Å²) in [5, 5.41) is 8.89. The van der Waals surface area contributed by atoms with Crippen molar-refractivity contribution in [3.05, 3.63) is 106 Å². The van der Waals surface area contributed by atoms with Crippen LogP contribution in [0.2, 0.25) is 0 Å². The number of aromatic nitrogens is 1. The Morgan fingerprint density at radius 1 is 1.03 bits per heavy atom. The van der Waals surface area contributed by atoms with Gasteiger partial charge in [-0.15, -0.1) is 11.3 Å². The van der Waals surface area contributed by atoms with Gasteiger partial charge >= 0.3 is 5.97 Å². The number of aryl methyl sites for hydroxylation is 1. The van der Waals surface area contributed by atoms with Crippen LogP contribution in [0.25, 0.3) is 27.4 Å². The zero-order valence-corrected chi connectivity index (χ0v) is 18.3. The maximum atomic E-state index is 10.8. The summed E-state index contributed by atoms with van der Waals surface area (Å²) in [4.78, 5) is 15.4. The molecule has 0 saturated carbocycles. The maximum absolute atomic E-state index is 10.8. The van der Waals surface area contributed by atoms with E-state index in [1.54, 1.807) is 17.4 Å². The lowest BCUT2D eigenvalue weighted by atomic mass is 9.86. The van der Waals surface area contributed by atoms with Crippen molar-refractivity contribution in [3.8, 4) is 0 Å².